The lowest BCUT2D eigenvalue weighted by molar-refractivity contribution is 1.33. The van der Waals surface area contributed by atoms with Gasteiger partial charge in [-0.2, -0.15) is 0 Å². The molecule has 0 saturated carbocycles. The van der Waals surface area contributed by atoms with Crippen LogP contribution in [-0.4, -0.2) is 4.98 Å². The largest absolute Gasteiger partial charge is 0.236 e. The minimum absolute atomic E-state index is 0.556. The summed E-state index contributed by atoms with van der Waals surface area (Å²) in [5, 5.41) is 1.72. The van der Waals surface area contributed by atoms with Crippen LogP contribution >= 0.6 is 23.4 Å². The predicted molar refractivity (Wildman–Crippen MR) is 87.5 cm³/mol. The van der Waals surface area contributed by atoms with E-state index in [1.807, 2.05) is 23.9 Å². The van der Waals surface area contributed by atoms with Crippen LogP contribution < -0.4 is 0 Å². The van der Waals surface area contributed by atoms with E-state index in [2.05, 4.69) is 54.4 Å². The molecule has 0 atom stereocenters. The fraction of sp³-hybridized carbons (Fsp3) is 0.118. The van der Waals surface area contributed by atoms with Crippen LogP contribution in [0.4, 0.5) is 0 Å². The van der Waals surface area contributed by atoms with Crippen molar-refractivity contribution in [3.05, 3.63) is 70.9 Å². The maximum Gasteiger partial charge on any atom is 0.130 e. The molecule has 3 rings (SSSR count). The fourth-order valence-corrected chi connectivity index (χ4v) is 3.31. The first kappa shape index (κ1) is 13.5. The summed E-state index contributed by atoms with van der Waals surface area (Å²) >= 11 is 7.85. The molecule has 1 heterocycles. The molecular weight excluding hydrogens is 286 g/mol. The maximum absolute atomic E-state index is 6.03. The molecule has 3 aromatic rings. The first-order chi connectivity index (χ1) is 9.72. The highest BCUT2D eigenvalue weighted by molar-refractivity contribution is 7.98. The molecule has 3 heteroatoms. The van der Waals surface area contributed by atoms with Crippen molar-refractivity contribution >= 4 is 34.3 Å². The Morgan fingerprint density at radius 1 is 1.05 bits per heavy atom. The number of hydrogen-bond acceptors (Lipinski definition) is 2. The molecule has 0 aliphatic carbocycles. The Bertz CT molecular complexity index is 741. The minimum Gasteiger partial charge on any atom is -0.236 e. The topological polar surface area (TPSA) is 12.9 Å². The third-order valence-corrected chi connectivity index (χ3v) is 4.46. The quantitative estimate of drug-likeness (QED) is 0.468. The SMILES string of the molecule is Cc1cc(Cl)nc2cc(SCc3ccccc3)ccc12. The van der Waals surface area contributed by atoms with E-state index in [0.717, 1.165) is 11.3 Å². The second kappa shape index (κ2) is 5.86. The van der Waals surface area contributed by atoms with E-state index < -0.39 is 0 Å². The minimum atomic E-state index is 0.556. The number of aromatic nitrogens is 1. The van der Waals surface area contributed by atoms with Gasteiger partial charge in [0.1, 0.15) is 5.15 Å². The Morgan fingerprint density at radius 2 is 1.85 bits per heavy atom. The summed E-state index contributed by atoms with van der Waals surface area (Å²) in [7, 11) is 0. The molecule has 0 amide bonds. The Hall–Kier alpha value is -1.51. The molecule has 0 bridgehead atoms. The van der Waals surface area contributed by atoms with Gasteiger partial charge in [0.15, 0.2) is 0 Å². The maximum atomic E-state index is 6.03. The van der Waals surface area contributed by atoms with Crippen molar-refractivity contribution in [2.24, 2.45) is 0 Å². The van der Waals surface area contributed by atoms with Gasteiger partial charge in [-0.05, 0) is 36.2 Å². The van der Waals surface area contributed by atoms with Gasteiger partial charge >= 0.3 is 0 Å². The summed E-state index contributed by atoms with van der Waals surface area (Å²) in [5.41, 5.74) is 3.46. The van der Waals surface area contributed by atoms with Crippen molar-refractivity contribution in [2.75, 3.05) is 0 Å². The van der Waals surface area contributed by atoms with Gasteiger partial charge in [0.25, 0.3) is 0 Å². The Labute approximate surface area is 128 Å². The van der Waals surface area contributed by atoms with Crippen molar-refractivity contribution in [3.63, 3.8) is 0 Å². The fourth-order valence-electron chi connectivity index (χ4n) is 2.17. The van der Waals surface area contributed by atoms with Gasteiger partial charge in [-0.15, -0.1) is 11.8 Å². The molecule has 0 aliphatic heterocycles. The number of pyridine rings is 1. The molecule has 2 aromatic carbocycles. The first-order valence-corrected chi connectivity index (χ1v) is 7.82. The van der Waals surface area contributed by atoms with Crippen molar-refractivity contribution in [1.82, 2.24) is 4.98 Å². The molecule has 100 valence electrons. The molecule has 0 unspecified atom stereocenters. The number of nitrogens with zero attached hydrogens (tertiary/aromatic N) is 1. The second-order valence-corrected chi connectivity index (χ2v) is 6.15. The highest BCUT2D eigenvalue weighted by atomic mass is 35.5. The molecule has 1 aromatic heterocycles. The third kappa shape index (κ3) is 2.97. The highest BCUT2D eigenvalue weighted by Gasteiger charge is 2.03. The number of benzene rings is 2. The summed E-state index contributed by atoms with van der Waals surface area (Å²) in [6.07, 6.45) is 0. The third-order valence-electron chi connectivity index (χ3n) is 3.21. The Kier molecular flexibility index (Phi) is 3.95. The summed E-state index contributed by atoms with van der Waals surface area (Å²) in [6.45, 7) is 2.06. The summed E-state index contributed by atoms with van der Waals surface area (Å²) in [6, 6.07) is 18.8. The van der Waals surface area contributed by atoms with Gasteiger partial charge in [-0.1, -0.05) is 48.0 Å². The van der Waals surface area contributed by atoms with Gasteiger partial charge in [-0.3, -0.25) is 0 Å². The van der Waals surface area contributed by atoms with E-state index >= 15 is 0 Å². The number of halogens is 1. The van der Waals surface area contributed by atoms with Crippen LogP contribution in [0.1, 0.15) is 11.1 Å². The molecular formula is C17H14ClNS. The zero-order chi connectivity index (χ0) is 13.9. The first-order valence-electron chi connectivity index (χ1n) is 6.46. The van der Waals surface area contributed by atoms with E-state index in [9.17, 15) is 0 Å². The average molecular weight is 300 g/mol. The van der Waals surface area contributed by atoms with Gasteiger partial charge < -0.3 is 0 Å². The number of fused-ring (bicyclic) bond motifs is 1. The van der Waals surface area contributed by atoms with Gasteiger partial charge in [0.05, 0.1) is 5.52 Å². The van der Waals surface area contributed by atoms with Gasteiger partial charge in [0, 0.05) is 16.0 Å². The predicted octanol–water partition coefficient (Wildman–Crippen LogP) is 5.49. The van der Waals surface area contributed by atoms with Crippen LogP contribution in [0.25, 0.3) is 10.9 Å². The lowest BCUT2D eigenvalue weighted by atomic mass is 10.1. The van der Waals surface area contributed by atoms with E-state index in [1.54, 1.807) is 0 Å². The van der Waals surface area contributed by atoms with E-state index in [1.165, 1.54) is 21.4 Å². The van der Waals surface area contributed by atoms with Crippen molar-refractivity contribution < 1.29 is 0 Å². The Balaban J connectivity index is 1.86. The zero-order valence-electron chi connectivity index (χ0n) is 11.1. The second-order valence-electron chi connectivity index (χ2n) is 4.72. The smallest absolute Gasteiger partial charge is 0.130 e. The van der Waals surface area contributed by atoms with Crippen molar-refractivity contribution in [3.8, 4) is 0 Å². The highest BCUT2D eigenvalue weighted by Crippen LogP contribution is 2.28. The lowest BCUT2D eigenvalue weighted by Gasteiger charge is -2.06. The molecule has 0 N–H and O–H groups in total. The normalized spacial score (nSPS) is 10.9. The van der Waals surface area contributed by atoms with Crippen LogP contribution in [0.15, 0.2) is 59.5 Å². The molecule has 0 radical (unpaired) electrons. The van der Waals surface area contributed by atoms with Crippen LogP contribution in [0, 0.1) is 6.92 Å². The number of thioether (sulfide) groups is 1. The molecule has 0 spiro atoms. The lowest BCUT2D eigenvalue weighted by Crippen LogP contribution is -1.86. The molecule has 0 saturated heterocycles. The van der Waals surface area contributed by atoms with E-state index in [0.29, 0.717) is 5.15 Å². The van der Waals surface area contributed by atoms with Crippen LogP contribution in [0.3, 0.4) is 0 Å². The van der Waals surface area contributed by atoms with Gasteiger partial charge in [0.2, 0.25) is 0 Å². The van der Waals surface area contributed by atoms with Crippen molar-refractivity contribution in [2.45, 2.75) is 17.6 Å². The number of rotatable bonds is 3. The van der Waals surface area contributed by atoms with Crippen LogP contribution in [0.2, 0.25) is 5.15 Å². The van der Waals surface area contributed by atoms with Crippen molar-refractivity contribution in [1.29, 1.82) is 0 Å². The monoisotopic (exact) mass is 299 g/mol. The summed E-state index contributed by atoms with van der Waals surface area (Å²) < 4.78 is 0. The van der Waals surface area contributed by atoms with Gasteiger partial charge in [-0.25, -0.2) is 4.98 Å². The number of hydrogen-bond donors (Lipinski definition) is 0. The molecule has 20 heavy (non-hydrogen) atoms. The number of aryl methyl sites for hydroxylation is 1. The molecule has 0 fully saturated rings. The summed E-state index contributed by atoms with van der Waals surface area (Å²) in [4.78, 5) is 5.62. The molecule has 0 aliphatic rings. The zero-order valence-corrected chi connectivity index (χ0v) is 12.7. The standard InChI is InChI=1S/C17H14ClNS/c1-12-9-17(18)19-16-10-14(7-8-15(12)16)20-11-13-5-3-2-4-6-13/h2-10H,11H2,1H3. The van der Waals surface area contributed by atoms with E-state index in [-0.39, 0.29) is 0 Å². The van der Waals surface area contributed by atoms with Crippen LogP contribution in [-0.2, 0) is 5.75 Å². The summed E-state index contributed by atoms with van der Waals surface area (Å²) in [5.74, 6) is 0.964. The average Bonchev–Trinajstić information content (AvgIpc) is 2.45. The van der Waals surface area contributed by atoms with E-state index in [4.69, 9.17) is 11.6 Å². The molecule has 1 nitrogen and oxygen atoms in total. The Morgan fingerprint density at radius 3 is 2.65 bits per heavy atom. The van der Waals surface area contributed by atoms with Crippen LogP contribution in [0.5, 0.6) is 0 Å².